The summed E-state index contributed by atoms with van der Waals surface area (Å²) in [4.78, 5) is 0. The van der Waals surface area contributed by atoms with Crippen molar-refractivity contribution in [2.75, 3.05) is 0 Å². The van der Waals surface area contributed by atoms with Gasteiger partial charge in [0.25, 0.3) is 0 Å². The van der Waals surface area contributed by atoms with Crippen LogP contribution in [0, 0.1) is 11.2 Å². The summed E-state index contributed by atoms with van der Waals surface area (Å²) in [6.07, 6.45) is 4.23. The molecule has 16 heavy (non-hydrogen) atoms. The molecule has 0 aliphatic heterocycles. The molecule has 1 atom stereocenters. The number of benzene rings is 1. The molecule has 1 aromatic carbocycles. The molecule has 0 saturated heterocycles. The first-order chi connectivity index (χ1) is 7.47. The van der Waals surface area contributed by atoms with Crippen LogP contribution in [0.3, 0.4) is 0 Å². The monoisotopic (exact) mass is 221 g/mol. The molecule has 1 nitrogen and oxygen atoms in total. The van der Waals surface area contributed by atoms with Crippen molar-refractivity contribution in [2.45, 2.75) is 45.1 Å². The van der Waals surface area contributed by atoms with Crippen molar-refractivity contribution in [1.82, 2.24) is 0 Å². The maximum Gasteiger partial charge on any atom is 0.128 e. The van der Waals surface area contributed by atoms with Crippen LogP contribution in [-0.2, 0) is 5.54 Å². The van der Waals surface area contributed by atoms with Crippen molar-refractivity contribution >= 4 is 0 Å². The Kier molecular flexibility index (Phi) is 2.79. The minimum atomic E-state index is -0.517. The van der Waals surface area contributed by atoms with Crippen LogP contribution in [0.1, 0.15) is 45.1 Å². The average molecular weight is 221 g/mol. The van der Waals surface area contributed by atoms with Crippen LogP contribution < -0.4 is 5.73 Å². The van der Waals surface area contributed by atoms with Crippen LogP contribution in [0.15, 0.2) is 24.3 Å². The van der Waals surface area contributed by atoms with E-state index in [1.807, 2.05) is 12.1 Å². The van der Waals surface area contributed by atoms with Crippen molar-refractivity contribution in [3.63, 3.8) is 0 Å². The topological polar surface area (TPSA) is 26.0 Å². The highest BCUT2D eigenvalue weighted by molar-refractivity contribution is 5.29. The summed E-state index contributed by atoms with van der Waals surface area (Å²) in [7, 11) is 0. The molecule has 0 spiro atoms. The second-order valence-electron chi connectivity index (χ2n) is 5.54. The van der Waals surface area contributed by atoms with Crippen LogP contribution in [-0.4, -0.2) is 0 Å². The zero-order valence-electron chi connectivity index (χ0n) is 10.1. The number of hydrogen-bond acceptors (Lipinski definition) is 1. The molecule has 2 heteroatoms. The van der Waals surface area contributed by atoms with Gasteiger partial charge >= 0.3 is 0 Å². The van der Waals surface area contributed by atoms with Gasteiger partial charge in [-0.05, 0) is 24.3 Å². The highest BCUT2D eigenvalue weighted by Crippen LogP contribution is 2.48. The highest BCUT2D eigenvalue weighted by Gasteiger charge is 2.45. The summed E-state index contributed by atoms with van der Waals surface area (Å²) in [6, 6.07) is 6.94. The smallest absolute Gasteiger partial charge is 0.128 e. The number of halogens is 1. The molecule has 0 radical (unpaired) electrons. The Balaban J connectivity index is 2.48. The minimum absolute atomic E-state index is 0.0343. The largest absolute Gasteiger partial charge is 0.321 e. The molecule has 0 heterocycles. The van der Waals surface area contributed by atoms with Gasteiger partial charge in [-0.1, -0.05) is 44.9 Å². The Morgan fingerprint density at radius 1 is 1.12 bits per heavy atom. The van der Waals surface area contributed by atoms with Crippen molar-refractivity contribution < 1.29 is 4.39 Å². The SMILES string of the molecule is CC1(C)CCCCC1(N)c1ccccc1F. The molecule has 0 bridgehead atoms. The predicted octanol–water partition coefficient (Wildman–Crippen LogP) is 3.58. The van der Waals surface area contributed by atoms with E-state index in [0.717, 1.165) is 19.3 Å². The van der Waals surface area contributed by atoms with Gasteiger partial charge in [0.05, 0.1) is 0 Å². The Bertz CT molecular complexity index is 386. The Labute approximate surface area is 96.9 Å². The third-order valence-corrected chi connectivity index (χ3v) is 4.19. The number of nitrogens with two attached hydrogens (primary N) is 1. The van der Waals surface area contributed by atoms with Gasteiger partial charge in [0.15, 0.2) is 0 Å². The van der Waals surface area contributed by atoms with E-state index in [-0.39, 0.29) is 11.2 Å². The van der Waals surface area contributed by atoms with Crippen LogP contribution >= 0.6 is 0 Å². The molecule has 88 valence electrons. The number of hydrogen-bond donors (Lipinski definition) is 1. The van der Waals surface area contributed by atoms with Gasteiger partial charge in [-0.15, -0.1) is 0 Å². The Hall–Kier alpha value is -0.890. The maximum absolute atomic E-state index is 13.9. The molecule has 1 saturated carbocycles. The van der Waals surface area contributed by atoms with Gasteiger partial charge in [0.2, 0.25) is 0 Å². The molecule has 0 aromatic heterocycles. The standard InChI is InChI=1S/C14H20FN/c1-13(2)9-5-6-10-14(13,16)11-7-3-4-8-12(11)15/h3-4,7-8H,5-6,9-10,16H2,1-2H3. The van der Waals surface area contributed by atoms with Crippen LogP contribution in [0.25, 0.3) is 0 Å². The van der Waals surface area contributed by atoms with Crippen LogP contribution in [0.4, 0.5) is 4.39 Å². The van der Waals surface area contributed by atoms with E-state index in [2.05, 4.69) is 13.8 Å². The molecular formula is C14H20FN. The lowest BCUT2D eigenvalue weighted by Gasteiger charge is -2.48. The van der Waals surface area contributed by atoms with Crippen molar-refractivity contribution in [3.8, 4) is 0 Å². The lowest BCUT2D eigenvalue weighted by atomic mass is 9.61. The maximum atomic E-state index is 13.9. The fraction of sp³-hybridized carbons (Fsp3) is 0.571. The molecule has 1 aliphatic rings. The zero-order chi connectivity index (χ0) is 11.8. The molecule has 2 N–H and O–H groups in total. The van der Waals surface area contributed by atoms with E-state index >= 15 is 0 Å². The number of rotatable bonds is 1. The van der Waals surface area contributed by atoms with Gasteiger partial charge < -0.3 is 5.73 Å². The Morgan fingerprint density at radius 3 is 2.38 bits per heavy atom. The first-order valence-electron chi connectivity index (χ1n) is 6.01. The van der Waals surface area contributed by atoms with E-state index in [9.17, 15) is 4.39 Å². The Morgan fingerprint density at radius 2 is 1.75 bits per heavy atom. The minimum Gasteiger partial charge on any atom is -0.321 e. The molecule has 1 aromatic rings. The second-order valence-corrected chi connectivity index (χ2v) is 5.54. The summed E-state index contributed by atoms with van der Waals surface area (Å²) >= 11 is 0. The summed E-state index contributed by atoms with van der Waals surface area (Å²) in [5, 5.41) is 0. The average Bonchev–Trinajstić information content (AvgIpc) is 2.23. The van der Waals surface area contributed by atoms with E-state index < -0.39 is 5.54 Å². The first-order valence-corrected chi connectivity index (χ1v) is 6.01. The van der Waals surface area contributed by atoms with E-state index in [1.54, 1.807) is 6.07 Å². The predicted molar refractivity (Wildman–Crippen MR) is 64.5 cm³/mol. The van der Waals surface area contributed by atoms with Gasteiger partial charge in [-0.3, -0.25) is 0 Å². The third-order valence-electron chi connectivity index (χ3n) is 4.19. The lowest BCUT2D eigenvalue weighted by molar-refractivity contribution is 0.0943. The fourth-order valence-corrected chi connectivity index (χ4v) is 2.85. The zero-order valence-corrected chi connectivity index (χ0v) is 10.1. The lowest BCUT2D eigenvalue weighted by Crippen LogP contribution is -2.52. The van der Waals surface area contributed by atoms with Gasteiger partial charge in [0, 0.05) is 11.1 Å². The molecule has 1 aliphatic carbocycles. The van der Waals surface area contributed by atoms with E-state index in [4.69, 9.17) is 5.73 Å². The molecule has 1 unspecified atom stereocenters. The van der Waals surface area contributed by atoms with Crippen LogP contribution in [0.2, 0.25) is 0 Å². The summed E-state index contributed by atoms with van der Waals surface area (Å²) < 4.78 is 13.9. The summed E-state index contributed by atoms with van der Waals surface area (Å²) in [5.41, 5.74) is 6.65. The second kappa shape index (κ2) is 3.85. The third kappa shape index (κ3) is 1.65. The van der Waals surface area contributed by atoms with Gasteiger partial charge in [-0.2, -0.15) is 0 Å². The van der Waals surface area contributed by atoms with Crippen LogP contribution in [0.5, 0.6) is 0 Å². The van der Waals surface area contributed by atoms with Crippen molar-refractivity contribution in [1.29, 1.82) is 0 Å². The molecule has 1 fully saturated rings. The van der Waals surface area contributed by atoms with Crippen molar-refractivity contribution in [3.05, 3.63) is 35.6 Å². The molecule has 0 amide bonds. The first kappa shape index (κ1) is 11.6. The molecular weight excluding hydrogens is 201 g/mol. The van der Waals surface area contributed by atoms with E-state index in [0.29, 0.717) is 5.56 Å². The quantitative estimate of drug-likeness (QED) is 0.770. The van der Waals surface area contributed by atoms with Gasteiger partial charge in [-0.25, -0.2) is 4.39 Å². The normalized spacial score (nSPS) is 29.0. The molecule has 2 rings (SSSR count). The summed E-state index contributed by atoms with van der Waals surface area (Å²) in [6.45, 7) is 4.30. The van der Waals surface area contributed by atoms with Crippen molar-refractivity contribution in [2.24, 2.45) is 11.1 Å². The summed E-state index contributed by atoms with van der Waals surface area (Å²) in [5.74, 6) is -0.167. The highest BCUT2D eigenvalue weighted by atomic mass is 19.1. The van der Waals surface area contributed by atoms with Gasteiger partial charge in [0.1, 0.15) is 5.82 Å². The van der Waals surface area contributed by atoms with E-state index in [1.165, 1.54) is 12.5 Å². The fourth-order valence-electron chi connectivity index (χ4n) is 2.85.